The number of esters is 1. The molecule has 1 unspecified atom stereocenters. The molecule has 2 amide bonds. The second-order valence-electron chi connectivity index (χ2n) is 7.66. The van der Waals surface area contributed by atoms with Gasteiger partial charge in [0.2, 0.25) is 5.91 Å². The van der Waals surface area contributed by atoms with E-state index >= 15 is 0 Å². The van der Waals surface area contributed by atoms with Crippen LogP contribution in [0.3, 0.4) is 0 Å². The highest BCUT2D eigenvalue weighted by molar-refractivity contribution is 6.10. The van der Waals surface area contributed by atoms with Gasteiger partial charge in [0.25, 0.3) is 0 Å². The molecule has 8 heteroatoms. The molecule has 2 rings (SSSR count). The van der Waals surface area contributed by atoms with E-state index in [0.717, 1.165) is 0 Å². The first-order chi connectivity index (χ1) is 12.4. The lowest BCUT2D eigenvalue weighted by molar-refractivity contribution is -0.124. The Hall–Kier alpha value is -2.61. The number of methoxy groups -OCH3 is 2. The van der Waals surface area contributed by atoms with E-state index in [2.05, 4.69) is 5.32 Å². The summed E-state index contributed by atoms with van der Waals surface area (Å²) in [7, 11) is 4.39. The molecule has 0 bridgehead atoms. The third-order valence-electron chi connectivity index (χ3n) is 4.34. The van der Waals surface area contributed by atoms with Crippen LogP contribution in [0.4, 0.5) is 16.2 Å². The smallest absolute Gasteiger partial charge is 0.412 e. The lowest BCUT2D eigenvalue weighted by Gasteiger charge is -2.23. The lowest BCUT2D eigenvalue weighted by Crippen LogP contribution is -2.39. The van der Waals surface area contributed by atoms with Crippen LogP contribution >= 0.6 is 0 Å². The summed E-state index contributed by atoms with van der Waals surface area (Å²) in [6.45, 7) is 7.11. The number of likely N-dealkylation sites (N-methyl/N-ethyl adjacent to an activating group) is 1. The van der Waals surface area contributed by atoms with Gasteiger partial charge >= 0.3 is 12.1 Å². The second-order valence-corrected chi connectivity index (χ2v) is 7.66. The lowest BCUT2D eigenvalue weighted by atomic mass is 9.83. The number of carbonyl (C=O) groups excluding carboxylic acids is 3. The van der Waals surface area contributed by atoms with E-state index < -0.39 is 23.1 Å². The van der Waals surface area contributed by atoms with Crippen LogP contribution in [0.1, 0.15) is 43.6 Å². The summed E-state index contributed by atoms with van der Waals surface area (Å²) >= 11 is 0. The monoisotopic (exact) mass is 378 g/mol. The maximum atomic E-state index is 12.8. The van der Waals surface area contributed by atoms with Crippen molar-refractivity contribution in [2.45, 2.75) is 38.7 Å². The van der Waals surface area contributed by atoms with Gasteiger partial charge in [0.15, 0.2) is 0 Å². The molecule has 0 fully saturated rings. The predicted molar refractivity (Wildman–Crippen MR) is 100 cm³/mol. The Balaban J connectivity index is 2.55. The molecule has 0 saturated carbocycles. The number of anilines is 2. The van der Waals surface area contributed by atoms with Crippen LogP contribution in [0.25, 0.3) is 0 Å². The van der Waals surface area contributed by atoms with Crippen molar-refractivity contribution in [1.82, 2.24) is 0 Å². The number of hydrogen-bond acceptors (Lipinski definition) is 6. The van der Waals surface area contributed by atoms with E-state index in [9.17, 15) is 14.4 Å². The van der Waals surface area contributed by atoms with Gasteiger partial charge in [-0.05, 0) is 45.4 Å². The number of hydrogen-bond donors (Lipinski definition) is 1. The molecule has 0 aromatic heterocycles. The molecule has 0 aliphatic carbocycles. The van der Waals surface area contributed by atoms with Gasteiger partial charge in [0.1, 0.15) is 5.60 Å². The zero-order chi connectivity index (χ0) is 20.6. The topological polar surface area (TPSA) is 94.2 Å². The standard InChI is InChI=1S/C19H26N2O6/c1-18(2,3)27-17(24)20-13-9-14-12(8-11(13)15(22)26-7)19(4,10-25-6)16(23)21(14)5/h8-9H,10H2,1-7H3,(H,20,24). The average molecular weight is 378 g/mol. The van der Waals surface area contributed by atoms with Crippen molar-refractivity contribution in [3.63, 3.8) is 0 Å². The van der Waals surface area contributed by atoms with Crippen molar-refractivity contribution in [3.05, 3.63) is 23.3 Å². The quantitative estimate of drug-likeness (QED) is 0.810. The Morgan fingerprint density at radius 1 is 1.22 bits per heavy atom. The van der Waals surface area contributed by atoms with E-state index in [4.69, 9.17) is 14.2 Å². The predicted octanol–water partition coefficient (Wildman–Crippen LogP) is 2.70. The molecule has 1 aliphatic rings. The molecule has 8 nitrogen and oxygen atoms in total. The van der Waals surface area contributed by atoms with E-state index in [1.54, 1.807) is 46.9 Å². The Kier molecular flexibility index (Phi) is 5.51. The van der Waals surface area contributed by atoms with Gasteiger partial charge in [0, 0.05) is 19.8 Å². The highest BCUT2D eigenvalue weighted by atomic mass is 16.6. The van der Waals surface area contributed by atoms with Crippen molar-refractivity contribution >= 4 is 29.3 Å². The molecule has 148 valence electrons. The maximum Gasteiger partial charge on any atom is 0.412 e. The van der Waals surface area contributed by atoms with Gasteiger partial charge in [-0.3, -0.25) is 10.1 Å². The van der Waals surface area contributed by atoms with Crippen LogP contribution in [0.5, 0.6) is 0 Å². The number of ether oxygens (including phenoxy) is 3. The third-order valence-corrected chi connectivity index (χ3v) is 4.34. The Labute approximate surface area is 158 Å². The number of carbonyl (C=O) groups is 3. The van der Waals surface area contributed by atoms with Crippen LogP contribution in [0.15, 0.2) is 12.1 Å². The first kappa shape index (κ1) is 20.7. The van der Waals surface area contributed by atoms with Crippen LogP contribution in [-0.4, -0.2) is 51.4 Å². The molecule has 1 aromatic carbocycles. The Morgan fingerprint density at radius 2 is 1.85 bits per heavy atom. The SMILES string of the molecule is COCC1(C)C(=O)N(C)c2cc(NC(=O)OC(C)(C)C)c(C(=O)OC)cc21. The van der Waals surface area contributed by atoms with Crippen molar-refractivity contribution < 1.29 is 28.6 Å². The number of benzene rings is 1. The molecule has 1 aliphatic heterocycles. The van der Waals surface area contributed by atoms with Crippen LogP contribution in [-0.2, 0) is 24.4 Å². The van der Waals surface area contributed by atoms with Gasteiger partial charge in [-0.1, -0.05) is 0 Å². The van der Waals surface area contributed by atoms with E-state index in [1.807, 2.05) is 0 Å². The zero-order valence-electron chi connectivity index (χ0n) is 16.8. The number of nitrogens with zero attached hydrogens (tertiary/aromatic N) is 1. The maximum absolute atomic E-state index is 12.8. The molecule has 1 heterocycles. The van der Waals surface area contributed by atoms with Gasteiger partial charge in [-0.2, -0.15) is 0 Å². The highest BCUT2D eigenvalue weighted by Crippen LogP contribution is 2.44. The molecule has 0 saturated heterocycles. The summed E-state index contributed by atoms with van der Waals surface area (Å²) in [6, 6.07) is 3.14. The van der Waals surface area contributed by atoms with Crippen molar-refractivity contribution in [2.24, 2.45) is 0 Å². The molecule has 1 atom stereocenters. The van der Waals surface area contributed by atoms with Gasteiger partial charge in [-0.15, -0.1) is 0 Å². The van der Waals surface area contributed by atoms with Crippen molar-refractivity contribution in [1.29, 1.82) is 0 Å². The van der Waals surface area contributed by atoms with Crippen LogP contribution in [0.2, 0.25) is 0 Å². The van der Waals surface area contributed by atoms with Gasteiger partial charge in [-0.25, -0.2) is 9.59 Å². The Bertz CT molecular complexity index is 783. The largest absolute Gasteiger partial charge is 0.465 e. The second kappa shape index (κ2) is 7.19. The molecular formula is C19H26N2O6. The first-order valence-electron chi connectivity index (χ1n) is 8.48. The number of fused-ring (bicyclic) bond motifs is 1. The molecule has 27 heavy (non-hydrogen) atoms. The van der Waals surface area contributed by atoms with Crippen molar-refractivity contribution in [3.8, 4) is 0 Å². The fourth-order valence-electron chi connectivity index (χ4n) is 3.13. The minimum absolute atomic E-state index is 0.132. The van der Waals surface area contributed by atoms with Crippen LogP contribution in [0, 0.1) is 0 Å². The summed E-state index contributed by atoms with van der Waals surface area (Å²) in [5.74, 6) is -0.796. The minimum atomic E-state index is -0.938. The highest BCUT2D eigenvalue weighted by Gasteiger charge is 2.47. The molecule has 1 N–H and O–H groups in total. The fraction of sp³-hybridized carbons (Fsp3) is 0.526. The number of amides is 2. The number of rotatable bonds is 4. The molecular weight excluding hydrogens is 352 g/mol. The van der Waals surface area contributed by atoms with Gasteiger partial charge in [0.05, 0.1) is 30.4 Å². The average Bonchev–Trinajstić information content (AvgIpc) is 2.73. The van der Waals surface area contributed by atoms with E-state index in [-0.39, 0.29) is 23.8 Å². The third kappa shape index (κ3) is 3.90. The zero-order valence-corrected chi connectivity index (χ0v) is 16.8. The van der Waals surface area contributed by atoms with Gasteiger partial charge < -0.3 is 19.1 Å². The van der Waals surface area contributed by atoms with E-state index in [1.165, 1.54) is 19.1 Å². The number of nitrogens with one attached hydrogen (secondary N) is 1. The summed E-state index contributed by atoms with van der Waals surface area (Å²) in [5, 5.41) is 2.58. The van der Waals surface area contributed by atoms with Crippen LogP contribution < -0.4 is 10.2 Å². The molecule has 0 radical (unpaired) electrons. The molecule has 1 aromatic rings. The Morgan fingerprint density at radius 3 is 2.37 bits per heavy atom. The normalized spacial score (nSPS) is 18.9. The summed E-state index contributed by atoms with van der Waals surface area (Å²) in [5.41, 5.74) is -0.0869. The molecule has 0 spiro atoms. The minimum Gasteiger partial charge on any atom is -0.465 e. The first-order valence-corrected chi connectivity index (χ1v) is 8.48. The van der Waals surface area contributed by atoms with Crippen molar-refractivity contribution in [2.75, 3.05) is 38.1 Å². The fourth-order valence-corrected chi connectivity index (χ4v) is 3.13. The summed E-state index contributed by atoms with van der Waals surface area (Å²) in [4.78, 5) is 38.7. The summed E-state index contributed by atoms with van der Waals surface area (Å²) in [6.07, 6.45) is -0.709. The summed E-state index contributed by atoms with van der Waals surface area (Å²) < 4.78 is 15.3. The van der Waals surface area contributed by atoms with E-state index in [0.29, 0.717) is 11.3 Å².